The number of carbonyl (C=O) groups is 2. The number of nitrogens with zero attached hydrogens (tertiary/aromatic N) is 1. The van der Waals surface area contributed by atoms with Crippen molar-refractivity contribution < 1.29 is 19.1 Å². The van der Waals surface area contributed by atoms with Crippen LogP contribution in [0.3, 0.4) is 0 Å². The first kappa shape index (κ1) is 14.6. The molecule has 0 aliphatic carbocycles. The molecule has 1 N–H and O–H groups in total. The lowest BCUT2D eigenvalue weighted by Crippen LogP contribution is -2.34. The maximum Gasteiger partial charge on any atom is 0.323 e. The van der Waals surface area contributed by atoms with Gasteiger partial charge in [-0.25, -0.2) is 4.39 Å². The minimum atomic E-state index is -1.12. The summed E-state index contributed by atoms with van der Waals surface area (Å²) in [6.07, 6.45) is 3.89. The van der Waals surface area contributed by atoms with Gasteiger partial charge in [-0.3, -0.25) is 9.59 Å². The highest BCUT2D eigenvalue weighted by molar-refractivity contribution is 5.93. The third-order valence-corrected chi connectivity index (χ3v) is 2.30. The third-order valence-electron chi connectivity index (χ3n) is 2.30. The molecule has 0 heterocycles. The Kier molecular flexibility index (Phi) is 5.47. The summed E-state index contributed by atoms with van der Waals surface area (Å²) in [5.41, 5.74) is 0.268. The van der Waals surface area contributed by atoms with E-state index in [4.69, 9.17) is 5.11 Å². The first-order valence-corrected chi connectivity index (χ1v) is 5.58. The summed E-state index contributed by atoms with van der Waals surface area (Å²) in [5.74, 6) is -2.07. The van der Waals surface area contributed by atoms with Gasteiger partial charge in [0.15, 0.2) is 0 Å². The number of hydrogen-bond donors (Lipinski definition) is 1. The van der Waals surface area contributed by atoms with Gasteiger partial charge >= 0.3 is 5.97 Å². The fourth-order valence-electron chi connectivity index (χ4n) is 1.43. The molecule has 0 aliphatic heterocycles. The van der Waals surface area contributed by atoms with Gasteiger partial charge in [-0.1, -0.05) is 24.3 Å². The van der Waals surface area contributed by atoms with E-state index in [-0.39, 0.29) is 12.1 Å². The Morgan fingerprint density at radius 1 is 1.37 bits per heavy atom. The number of carboxylic acid groups (broad SMARTS) is 1. The van der Waals surface area contributed by atoms with Gasteiger partial charge in [0, 0.05) is 18.2 Å². The van der Waals surface area contributed by atoms with Gasteiger partial charge in [0.05, 0.1) is 0 Å². The monoisotopic (exact) mass is 263 g/mol. The Morgan fingerprint density at radius 2 is 2.05 bits per heavy atom. The molecule has 0 aliphatic rings. The SMILES string of the molecule is C=CCN(CC(=O)O)C(=O)C=Cc1ccccc1F. The van der Waals surface area contributed by atoms with Crippen molar-refractivity contribution in [2.45, 2.75) is 0 Å². The molecule has 0 bridgehead atoms. The maximum atomic E-state index is 13.3. The van der Waals surface area contributed by atoms with Crippen LogP contribution in [0.2, 0.25) is 0 Å². The molecule has 0 fully saturated rings. The van der Waals surface area contributed by atoms with Crippen LogP contribution in [-0.4, -0.2) is 35.0 Å². The van der Waals surface area contributed by atoms with Crippen molar-refractivity contribution in [1.82, 2.24) is 4.90 Å². The second-order valence-corrected chi connectivity index (χ2v) is 3.76. The molecule has 1 amide bonds. The topological polar surface area (TPSA) is 57.6 Å². The zero-order valence-electron chi connectivity index (χ0n) is 10.3. The van der Waals surface area contributed by atoms with Gasteiger partial charge < -0.3 is 10.0 Å². The second kappa shape index (κ2) is 7.10. The smallest absolute Gasteiger partial charge is 0.323 e. The van der Waals surface area contributed by atoms with Crippen LogP contribution in [0, 0.1) is 5.82 Å². The van der Waals surface area contributed by atoms with Gasteiger partial charge in [-0.05, 0) is 12.1 Å². The molecule has 0 unspecified atom stereocenters. The van der Waals surface area contributed by atoms with E-state index >= 15 is 0 Å². The highest BCUT2D eigenvalue weighted by atomic mass is 19.1. The summed E-state index contributed by atoms with van der Waals surface area (Å²) in [5, 5.41) is 8.68. The van der Waals surface area contributed by atoms with E-state index in [0.29, 0.717) is 0 Å². The number of hydrogen-bond acceptors (Lipinski definition) is 2. The van der Waals surface area contributed by atoms with Crippen LogP contribution in [0.25, 0.3) is 6.08 Å². The van der Waals surface area contributed by atoms with E-state index in [0.717, 1.165) is 11.0 Å². The first-order valence-electron chi connectivity index (χ1n) is 5.58. The highest BCUT2D eigenvalue weighted by Crippen LogP contribution is 2.08. The Morgan fingerprint density at radius 3 is 2.63 bits per heavy atom. The average molecular weight is 263 g/mol. The number of halogens is 1. The Labute approximate surface area is 110 Å². The average Bonchev–Trinajstić information content (AvgIpc) is 2.36. The van der Waals surface area contributed by atoms with Gasteiger partial charge in [0.25, 0.3) is 0 Å². The number of benzene rings is 1. The Bertz CT molecular complexity index is 511. The van der Waals surface area contributed by atoms with Crippen molar-refractivity contribution in [1.29, 1.82) is 0 Å². The molecule has 1 aromatic rings. The van der Waals surface area contributed by atoms with Crippen LogP contribution in [0.5, 0.6) is 0 Å². The molecule has 5 heteroatoms. The zero-order valence-corrected chi connectivity index (χ0v) is 10.3. The van der Waals surface area contributed by atoms with E-state index in [9.17, 15) is 14.0 Å². The lowest BCUT2D eigenvalue weighted by atomic mass is 10.2. The van der Waals surface area contributed by atoms with E-state index in [1.54, 1.807) is 12.1 Å². The lowest BCUT2D eigenvalue weighted by molar-refractivity contribution is -0.142. The number of amides is 1. The third kappa shape index (κ3) is 4.75. The molecule has 0 aromatic heterocycles. The molecule has 4 nitrogen and oxygen atoms in total. The molecule has 0 saturated heterocycles. The number of carboxylic acids is 1. The summed E-state index contributed by atoms with van der Waals surface area (Å²) in [4.78, 5) is 23.5. The van der Waals surface area contributed by atoms with Crippen LogP contribution >= 0.6 is 0 Å². The van der Waals surface area contributed by atoms with Crippen molar-refractivity contribution in [3.63, 3.8) is 0 Å². The lowest BCUT2D eigenvalue weighted by Gasteiger charge is -2.16. The van der Waals surface area contributed by atoms with Crippen LogP contribution in [-0.2, 0) is 9.59 Å². The van der Waals surface area contributed by atoms with Gasteiger partial charge in [-0.15, -0.1) is 6.58 Å². The normalized spacial score (nSPS) is 10.4. The fraction of sp³-hybridized carbons (Fsp3) is 0.143. The molecule has 0 atom stereocenters. The molecule has 0 spiro atoms. The van der Waals surface area contributed by atoms with Crippen molar-refractivity contribution in [2.75, 3.05) is 13.1 Å². The van der Waals surface area contributed by atoms with Crippen molar-refractivity contribution >= 4 is 18.0 Å². The summed E-state index contributed by atoms with van der Waals surface area (Å²) < 4.78 is 13.3. The van der Waals surface area contributed by atoms with E-state index in [1.807, 2.05) is 0 Å². The van der Waals surface area contributed by atoms with Crippen LogP contribution in [0.1, 0.15) is 5.56 Å². The molecule has 19 heavy (non-hydrogen) atoms. The molecule has 1 rings (SSSR count). The molecule has 0 saturated carbocycles. The predicted molar refractivity (Wildman–Crippen MR) is 69.8 cm³/mol. The van der Waals surface area contributed by atoms with Crippen LogP contribution < -0.4 is 0 Å². The summed E-state index contributed by atoms with van der Waals surface area (Å²) >= 11 is 0. The maximum absolute atomic E-state index is 13.3. The molecular weight excluding hydrogens is 249 g/mol. The standard InChI is InChI=1S/C14H14FNO3/c1-2-9-16(10-14(18)19)13(17)8-7-11-5-3-4-6-12(11)15/h2-8H,1,9-10H2,(H,18,19). The van der Waals surface area contributed by atoms with Crippen molar-refractivity contribution in [3.05, 3.63) is 54.4 Å². The molecule has 100 valence electrons. The summed E-state index contributed by atoms with van der Waals surface area (Å²) in [6, 6.07) is 5.99. The molecule has 0 radical (unpaired) electrons. The Balaban J connectivity index is 2.78. The minimum Gasteiger partial charge on any atom is -0.480 e. The molecule has 1 aromatic carbocycles. The largest absolute Gasteiger partial charge is 0.480 e. The van der Waals surface area contributed by atoms with E-state index < -0.39 is 24.2 Å². The van der Waals surface area contributed by atoms with E-state index in [1.165, 1.54) is 24.3 Å². The molecular formula is C14H14FNO3. The minimum absolute atomic E-state index is 0.118. The number of aliphatic carboxylic acids is 1. The van der Waals surface area contributed by atoms with Gasteiger partial charge in [0.2, 0.25) is 5.91 Å². The zero-order chi connectivity index (χ0) is 14.3. The van der Waals surface area contributed by atoms with Crippen molar-refractivity contribution in [3.8, 4) is 0 Å². The first-order chi connectivity index (χ1) is 9.04. The summed E-state index contributed by atoms with van der Waals surface area (Å²) in [7, 11) is 0. The predicted octanol–water partition coefficient (Wildman–Crippen LogP) is 1.94. The fourth-order valence-corrected chi connectivity index (χ4v) is 1.43. The second-order valence-electron chi connectivity index (χ2n) is 3.76. The quantitative estimate of drug-likeness (QED) is 0.630. The number of carbonyl (C=O) groups excluding carboxylic acids is 1. The number of rotatable bonds is 6. The van der Waals surface area contributed by atoms with Crippen LogP contribution in [0.4, 0.5) is 4.39 Å². The van der Waals surface area contributed by atoms with E-state index in [2.05, 4.69) is 6.58 Å². The van der Waals surface area contributed by atoms with Gasteiger partial charge in [-0.2, -0.15) is 0 Å². The summed E-state index contributed by atoms with van der Waals surface area (Å²) in [6.45, 7) is 3.15. The Hall–Kier alpha value is -2.43. The van der Waals surface area contributed by atoms with Crippen molar-refractivity contribution in [2.24, 2.45) is 0 Å². The van der Waals surface area contributed by atoms with Gasteiger partial charge in [0.1, 0.15) is 12.4 Å². The highest BCUT2D eigenvalue weighted by Gasteiger charge is 2.12. The van der Waals surface area contributed by atoms with Crippen LogP contribution in [0.15, 0.2) is 43.0 Å².